The van der Waals surface area contributed by atoms with Crippen molar-refractivity contribution in [3.8, 4) is 0 Å². The van der Waals surface area contributed by atoms with Crippen LogP contribution in [0.2, 0.25) is 0 Å². The van der Waals surface area contributed by atoms with Crippen molar-refractivity contribution in [3.05, 3.63) is 65.2 Å². The summed E-state index contributed by atoms with van der Waals surface area (Å²) in [6.45, 7) is 0. The standard InChI is InChI=1S/C21H14F3NO3/c22-21(23,24)10-4-3-5-11(8-10)25-19(27)17-14-9-15(26)16(18(17)20(25)28)13-7-2-1-6-12(13)14/h1-8,14,16-18H,9H2/t14-,16+,17-,18-/m0/s1. The summed E-state index contributed by atoms with van der Waals surface area (Å²) in [5.74, 6) is -3.87. The number of ketones is 1. The second-order valence-electron chi connectivity index (χ2n) is 7.50. The number of alkyl halides is 3. The van der Waals surface area contributed by atoms with Crippen LogP contribution in [0.3, 0.4) is 0 Å². The van der Waals surface area contributed by atoms with Crippen molar-refractivity contribution in [3.63, 3.8) is 0 Å². The molecule has 3 aliphatic carbocycles. The molecule has 2 bridgehead atoms. The molecule has 2 amide bonds. The molecular formula is C21H14F3NO3. The van der Waals surface area contributed by atoms with Crippen molar-refractivity contribution in [1.29, 1.82) is 0 Å². The smallest absolute Gasteiger partial charge is 0.299 e. The highest BCUT2D eigenvalue weighted by Crippen LogP contribution is 2.57. The monoisotopic (exact) mass is 385 g/mol. The van der Waals surface area contributed by atoms with Gasteiger partial charge in [-0.3, -0.25) is 14.4 Å². The zero-order valence-corrected chi connectivity index (χ0v) is 14.4. The number of halogens is 3. The molecule has 2 aromatic rings. The second-order valence-corrected chi connectivity index (χ2v) is 7.50. The average Bonchev–Trinajstić information content (AvgIpc) is 2.93. The summed E-state index contributed by atoms with van der Waals surface area (Å²) in [7, 11) is 0. The number of Topliss-reactive ketones (excluding diaryl/α,β-unsaturated/α-hetero) is 1. The largest absolute Gasteiger partial charge is 0.416 e. The van der Waals surface area contributed by atoms with Gasteiger partial charge in [-0.1, -0.05) is 30.3 Å². The van der Waals surface area contributed by atoms with Crippen molar-refractivity contribution in [2.75, 3.05) is 4.90 Å². The summed E-state index contributed by atoms with van der Waals surface area (Å²) in [5, 5.41) is 0. The molecule has 0 N–H and O–H groups in total. The average molecular weight is 385 g/mol. The van der Waals surface area contributed by atoms with Crippen LogP contribution in [-0.4, -0.2) is 17.6 Å². The fourth-order valence-corrected chi connectivity index (χ4v) is 5.04. The Labute approximate surface area is 157 Å². The van der Waals surface area contributed by atoms with Crippen LogP contribution < -0.4 is 4.90 Å². The molecule has 2 fully saturated rings. The fourth-order valence-electron chi connectivity index (χ4n) is 5.04. The Hall–Kier alpha value is -2.96. The third-order valence-corrected chi connectivity index (χ3v) is 6.12. The van der Waals surface area contributed by atoms with Crippen molar-refractivity contribution >= 4 is 23.3 Å². The summed E-state index contributed by atoms with van der Waals surface area (Å²) in [4.78, 5) is 39.7. The number of carbonyl (C=O) groups excluding carboxylic acids is 3. The Morgan fingerprint density at radius 2 is 1.54 bits per heavy atom. The first kappa shape index (κ1) is 17.2. The molecule has 28 heavy (non-hydrogen) atoms. The van der Waals surface area contributed by atoms with E-state index < -0.39 is 47.2 Å². The van der Waals surface area contributed by atoms with Gasteiger partial charge < -0.3 is 0 Å². The molecule has 142 valence electrons. The Balaban J connectivity index is 1.62. The number of carbonyl (C=O) groups is 3. The van der Waals surface area contributed by atoms with Crippen LogP contribution in [0.15, 0.2) is 48.5 Å². The van der Waals surface area contributed by atoms with Crippen LogP contribution in [0.4, 0.5) is 18.9 Å². The van der Waals surface area contributed by atoms with Crippen molar-refractivity contribution < 1.29 is 27.6 Å². The van der Waals surface area contributed by atoms with Gasteiger partial charge in [-0.2, -0.15) is 13.2 Å². The molecule has 1 aliphatic heterocycles. The van der Waals surface area contributed by atoms with Gasteiger partial charge >= 0.3 is 6.18 Å². The molecule has 7 heteroatoms. The minimum Gasteiger partial charge on any atom is -0.299 e. The van der Waals surface area contributed by atoms with Gasteiger partial charge in [-0.25, -0.2) is 4.90 Å². The highest BCUT2D eigenvalue weighted by Gasteiger charge is 2.62. The number of hydrogen-bond donors (Lipinski definition) is 0. The summed E-state index contributed by atoms with van der Waals surface area (Å²) >= 11 is 0. The lowest BCUT2D eigenvalue weighted by molar-refractivity contribution is -0.137. The second kappa shape index (κ2) is 5.53. The van der Waals surface area contributed by atoms with Crippen molar-refractivity contribution in [2.45, 2.75) is 24.4 Å². The predicted octanol–water partition coefficient (Wildman–Crippen LogP) is 3.66. The molecule has 1 saturated heterocycles. The molecule has 4 nitrogen and oxygen atoms in total. The van der Waals surface area contributed by atoms with Crippen LogP contribution in [0.25, 0.3) is 0 Å². The Morgan fingerprint density at radius 3 is 2.25 bits per heavy atom. The van der Waals surface area contributed by atoms with E-state index >= 15 is 0 Å². The van der Waals surface area contributed by atoms with E-state index in [-0.39, 0.29) is 17.9 Å². The van der Waals surface area contributed by atoms with Gasteiger partial charge in [-0.05, 0) is 29.3 Å². The predicted molar refractivity (Wildman–Crippen MR) is 92.5 cm³/mol. The number of nitrogens with zero attached hydrogens (tertiary/aromatic N) is 1. The molecule has 0 spiro atoms. The van der Waals surface area contributed by atoms with Crippen LogP contribution >= 0.6 is 0 Å². The Morgan fingerprint density at radius 1 is 0.857 bits per heavy atom. The molecule has 1 saturated carbocycles. The van der Waals surface area contributed by atoms with Gasteiger partial charge in [0.15, 0.2) is 0 Å². The number of rotatable bonds is 1. The lowest BCUT2D eigenvalue weighted by Gasteiger charge is -2.43. The summed E-state index contributed by atoms with van der Waals surface area (Å²) < 4.78 is 39.2. The fraction of sp³-hybridized carbons (Fsp3) is 0.286. The zero-order chi connectivity index (χ0) is 19.8. The van der Waals surface area contributed by atoms with Crippen LogP contribution in [0.5, 0.6) is 0 Å². The topological polar surface area (TPSA) is 54.5 Å². The minimum atomic E-state index is -4.58. The van der Waals surface area contributed by atoms with E-state index in [2.05, 4.69) is 0 Å². The van der Waals surface area contributed by atoms with Gasteiger partial charge in [0.1, 0.15) is 5.78 Å². The first-order valence-corrected chi connectivity index (χ1v) is 8.95. The first-order valence-electron chi connectivity index (χ1n) is 8.95. The molecule has 4 atom stereocenters. The molecule has 0 unspecified atom stereocenters. The molecule has 4 aliphatic rings. The number of hydrogen-bond acceptors (Lipinski definition) is 3. The highest BCUT2D eigenvalue weighted by atomic mass is 19.4. The quantitative estimate of drug-likeness (QED) is 0.704. The number of benzene rings is 2. The maximum absolute atomic E-state index is 13.1. The molecule has 6 rings (SSSR count). The molecule has 1 heterocycles. The van der Waals surface area contributed by atoms with Gasteiger partial charge in [0.25, 0.3) is 0 Å². The number of anilines is 1. The lowest BCUT2D eigenvalue weighted by Crippen LogP contribution is -2.44. The highest BCUT2D eigenvalue weighted by molar-refractivity contribution is 6.24. The molecule has 2 aromatic carbocycles. The normalized spacial score (nSPS) is 28.5. The van der Waals surface area contributed by atoms with Gasteiger partial charge in [0, 0.05) is 12.3 Å². The Kier molecular flexibility index (Phi) is 3.39. The number of amides is 2. The van der Waals surface area contributed by atoms with Gasteiger partial charge in [0.05, 0.1) is 29.0 Å². The van der Waals surface area contributed by atoms with Crippen LogP contribution in [0, 0.1) is 11.8 Å². The number of imide groups is 1. The minimum absolute atomic E-state index is 0.0861. The first-order chi connectivity index (χ1) is 13.3. The molecule has 0 radical (unpaired) electrons. The van der Waals surface area contributed by atoms with E-state index in [0.29, 0.717) is 0 Å². The van der Waals surface area contributed by atoms with Crippen molar-refractivity contribution in [1.82, 2.24) is 0 Å². The zero-order valence-electron chi connectivity index (χ0n) is 14.4. The SMILES string of the molecule is O=C1C[C@H]2c3ccccc3[C@H]1[C@@H]1C(=O)N(c3cccc(C(F)(F)F)c3)C(=O)[C@H]12. The van der Waals surface area contributed by atoms with E-state index in [1.165, 1.54) is 12.1 Å². The van der Waals surface area contributed by atoms with E-state index in [0.717, 1.165) is 28.2 Å². The maximum Gasteiger partial charge on any atom is 0.416 e. The molecule has 0 aromatic heterocycles. The molecular weight excluding hydrogens is 371 g/mol. The summed E-state index contributed by atoms with van der Waals surface area (Å²) in [5.41, 5.74) is 0.621. The van der Waals surface area contributed by atoms with E-state index in [1.54, 1.807) is 12.1 Å². The Bertz CT molecular complexity index is 1050. The van der Waals surface area contributed by atoms with Gasteiger partial charge in [0.2, 0.25) is 11.8 Å². The number of fused-ring (bicyclic) bond motifs is 1. The summed E-state index contributed by atoms with van der Waals surface area (Å²) in [6.07, 6.45) is -4.40. The van der Waals surface area contributed by atoms with Gasteiger partial charge in [-0.15, -0.1) is 0 Å². The lowest BCUT2D eigenvalue weighted by atomic mass is 9.56. The van der Waals surface area contributed by atoms with E-state index in [1.807, 2.05) is 12.1 Å². The van der Waals surface area contributed by atoms with Crippen molar-refractivity contribution in [2.24, 2.45) is 11.8 Å². The van der Waals surface area contributed by atoms with Crippen LogP contribution in [0.1, 0.15) is 34.9 Å². The third-order valence-electron chi connectivity index (χ3n) is 6.12. The van der Waals surface area contributed by atoms with Crippen LogP contribution in [-0.2, 0) is 20.6 Å². The maximum atomic E-state index is 13.1. The van der Waals surface area contributed by atoms with E-state index in [9.17, 15) is 27.6 Å². The van der Waals surface area contributed by atoms with E-state index in [4.69, 9.17) is 0 Å². The third kappa shape index (κ3) is 2.16. The summed E-state index contributed by atoms with van der Waals surface area (Å²) in [6, 6.07) is 11.5.